The summed E-state index contributed by atoms with van der Waals surface area (Å²) in [4.78, 5) is 29.0. The summed E-state index contributed by atoms with van der Waals surface area (Å²) in [5, 5.41) is 9.26. The lowest BCUT2D eigenvalue weighted by molar-refractivity contribution is -0.129. The highest BCUT2D eigenvalue weighted by Crippen LogP contribution is 2.20. The maximum Gasteiger partial charge on any atom is 0.408 e. The number of hydrogen-bond acceptors (Lipinski definition) is 5. The highest BCUT2D eigenvalue weighted by Gasteiger charge is 2.41. The first kappa shape index (κ1) is 19.5. The quantitative estimate of drug-likeness (QED) is 0.707. The number of nitrogens with one attached hydrogen (secondary N) is 3. The first-order valence-electron chi connectivity index (χ1n) is 8.31. The normalized spacial score (nSPS) is 16.8. The van der Waals surface area contributed by atoms with Crippen LogP contribution in [-0.2, 0) is 16.1 Å². The molecule has 0 radical (unpaired) electrons. The molecule has 0 atom stereocenters. The number of piperidine rings is 1. The van der Waals surface area contributed by atoms with E-state index in [1.54, 1.807) is 39.1 Å². The van der Waals surface area contributed by atoms with Gasteiger partial charge in [-0.05, 0) is 58.3 Å². The maximum absolute atomic E-state index is 12.8. The molecule has 0 saturated carbocycles. The molecule has 1 saturated heterocycles. The zero-order chi connectivity index (χ0) is 18.5. The average Bonchev–Trinajstić information content (AvgIpc) is 2.53. The molecule has 7 nitrogen and oxygen atoms in total. The van der Waals surface area contributed by atoms with Crippen molar-refractivity contribution < 1.29 is 14.3 Å². The average molecular weight is 369 g/mol. The van der Waals surface area contributed by atoms with Crippen LogP contribution in [0.5, 0.6) is 0 Å². The van der Waals surface area contributed by atoms with Crippen molar-refractivity contribution in [1.82, 2.24) is 20.9 Å². The summed E-state index contributed by atoms with van der Waals surface area (Å²) in [6, 6.07) is 3.47. The van der Waals surface area contributed by atoms with Crippen LogP contribution in [0.2, 0.25) is 5.15 Å². The Balaban J connectivity index is 2.03. The summed E-state index contributed by atoms with van der Waals surface area (Å²) in [5.41, 5.74) is -0.768. The van der Waals surface area contributed by atoms with Crippen molar-refractivity contribution in [2.24, 2.45) is 0 Å². The number of carbonyl (C=O) groups is 2. The van der Waals surface area contributed by atoms with E-state index in [-0.39, 0.29) is 5.91 Å². The van der Waals surface area contributed by atoms with Gasteiger partial charge in [0.1, 0.15) is 16.3 Å². The van der Waals surface area contributed by atoms with Crippen LogP contribution in [0.15, 0.2) is 18.3 Å². The maximum atomic E-state index is 12.8. The van der Waals surface area contributed by atoms with Crippen molar-refractivity contribution >= 4 is 23.6 Å². The van der Waals surface area contributed by atoms with Gasteiger partial charge in [-0.2, -0.15) is 0 Å². The van der Waals surface area contributed by atoms with E-state index in [4.69, 9.17) is 16.3 Å². The Morgan fingerprint density at radius 3 is 2.56 bits per heavy atom. The number of rotatable bonds is 4. The topological polar surface area (TPSA) is 92.3 Å². The zero-order valence-corrected chi connectivity index (χ0v) is 15.6. The summed E-state index contributed by atoms with van der Waals surface area (Å²) in [6.07, 6.45) is 2.02. The lowest BCUT2D eigenvalue weighted by Crippen LogP contribution is -2.63. The molecule has 2 heterocycles. The molecule has 1 fully saturated rings. The molecular formula is C17H25ClN4O3. The number of hydrogen-bond donors (Lipinski definition) is 3. The van der Waals surface area contributed by atoms with Crippen LogP contribution in [0.25, 0.3) is 0 Å². The van der Waals surface area contributed by atoms with Crippen molar-refractivity contribution in [3.8, 4) is 0 Å². The molecule has 2 amide bonds. The SMILES string of the molecule is CC(C)(C)OC(=O)NC1(C(=O)NCc2ccc(Cl)nc2)CCNCC1. The van der Waals surface area contributed by atoms with Gasteiger partial charge in [0.15, 0.2) is 0 Å². The van der Waals surface area contributed by atoms with Gasteiger partial charge in [0.05, 0.1) is 0 Å². The van der Waals surface area contributed by atoms with Crippen LogP contribution >= 0.6 is 11.6 Å². The van der Waals surface area contributed by atoms with Gasteiger partial charge >= 0.3 is 6.09 Å². The highest BCUT2D eigenvalue weighted by molar-refractivity contribution is 6.29. The highest BCUT2D eigenvalue weighted by atomic mass is 35.5. The van der Waals surface area contributed by atoms with Crippen LogP contribution in [-0.4, -0.2) is 41.2 Å². The molecule has 1 aliphatic heterocycles. The third kappa shape index (κ3) is 5.86. The van der Waals surface area contributed by atoms with Crippen LogP contribution in [0.4, 0.5) is 4.79 Å². The smallest absolute Gasteiger partial charge is 0.408 e. The van der Waals surface area contributed by atoms with E-state index >= 15 is 0 Å². The Hall–Kier alpha value is -1.86. The summed E-state index contributed by atoms with van der Waals surface area (Å²) in [5.74, 6) is -0.227. The third-order valence-electron chi connectivity index (χ3n) is 3.87. The third-order valence-corrected chi connectivity index (χ3v) is 4.10. The molecule has 1 aliphatic rings. The number of nitrogens with zero attached hydrogens (tertiary/aromatic N) is 1. The molecule has 25 heavy (non-hydrogen) atoms. The number of halogens is 1. The van der Waals surface area contributed by atoms with Crippen molar-refractivity contribution in [2.45, 2.75) is 51.3 Å². The van der Waals surface area contributed by atoms with Crippen molar-refractivity contribution in [2.75, 3.05) is 13.1 Å². The summed E-state index contributed by atoms with van der Waals surface area (Å²) in [6.45, 7) is 6.96. The number of amides is 2. The fraction of sp³-hybridized carbons (Fsp3) is 0.588. The molecule has 0 aliphatic carbocycles. The van der Waals surface area contributed by atoms with Gasteiger partial charge in [-0.1, -0.05) is 17.7 Å². The van der Waals surface area contributed by atoms with E-state index in [2.05, 4.69) is 20.9 Å². The minimum atomic E-state index is -0.979. The Morgan fingerprint density at radius 2 is 2.00 bits per heavy atom. The second kappa shape index (κ2) is 8.01. The van der Waals surface area contributed by atoms with Gasteiger partial charge in [0, 0.05) is 12.7 Å². The van der Waals surface area contributed by atoms with E-state index < -0.39 is 17.2 Å². The molecule has 0 aromatic carbocycles. The molecule has 1 aromatic rings. The summed E-state index contributed by atoms with van der Waals surface area (Å²) >= 11 is 5.76. The Kier molecular flexibility index (Phi) is 6.24. The van der Waals surface area contributed by atoms with Gasteiger partial charge in [0.2, 0.25) is 5.91 Å². The molecule has 3 N–H and O–H groups in total. The van der Waals surface area contributed by atoms with Gasteiger partial charge in [0.25, 0.3) is 0 Å². The standard InChI is InChI=1S/C17H25ClN4O3/c1-16(2,3)25-15(24)22-17(6-8-19-9-7-17)14(23)21-11-12-4-5-13(18)20-10-12/h4-5,10,19H,6-9,11H2,1-3H3,(H,21,23)(H,22,24). The minimum Gasteiger partial charge on any atom is -0.444 e. The second-order valence-corrected chi connectivity index (χ2v) is 7.52. The first-order chi connectivity index (χ1) is 11.7. The summed E-state index contributed by atoms with van der Waals surface area (Å²) in [7, 11) is 0. The Morgan fingerprint density at radius 1 is 1.32 bits per heavy atom. The predicted octanol–water partition coefficient (Wildman–Crippen LogP) is 2.00. The molecule has 0 bridgehead atoms. The van der Waals surface area contributed by atoms with Crippen LogP contribution < -0.4 is 16.0 Å². The molecule has 2 rings (SSSR count). The molecule has 1 aromatic heterocycles. The van der Waals surface area contributed by atoms with Gasteiger partial charge < -0.3 is 20.7 Å². The van der Waals surface area contributed by atoms with Crippen molar-refractivity contribution in [1.29, 1.82) is 0 Å². The lowest BCUT2D eigenvalue weighted by atomic mass is 9.87. The minimum absolute atomic E-state index is 0.227. The second-order valence-electron chi connectivity index (χ2n) is 7.13. The molecule has 8 heteroatoms. The van der Waals surface area contributed by atoms with Gasteiger partial charge in [-0.15, -0.1) is 0 Å². The molecule has 138 valence electrons. The predicted molar refractivity (Wildman–Crippen MR) is 95.3 cm³/mol. The number of carbonyl (C=O) groups excluding carboxylic acids is 2. The number of aromatic nitrogens is 1. The van der Waals surface area contributed by atoms with Crippen molar-refractivity contribution in [3.63, 3.8) is 0 Å². The van der Waals surface area contributed by atoms with E-state index in [0.29, 0.717) is 37.6 Å². The van der Waals surface area contributed by atoms with E-state index in [0.717, 1.165) is 5.56 Å². The zero-order valence-electron chi connectivity index (χ0n) is 14.8. The molecular weight excluding hydrogens is 344 g/mol. The van der Waals surface area contributed by atoms with Crippen LogP contribution in [0, 0.1) is 0 Å². The molecule has 0 unspecified atom stereocenters. The van der Waals surface area contributed by atoms with Crippen LogP contribution in [0.3, 0.4) is 0 Å². The van der Waals surface area contributed by atoms with E-state index in [9.17, 15) is 9.59 Å². The number of ether oxygens (including phenoxy) is 1. The number of pyridine rings is 1. The largest absolute Gasteiger partial charge is 0.444 e. The van der Waals surface area contributed by atoms with Gasteiger partial charge in [-0.25, -0.2) is 9.78 Å². The fourth-order valence-corrected chi connectivity index (χ4v) is 2.74. The Bertz CT molecular complexity index is 607. The monoisotopic (exact) mass is 368 g/mol. The van der Waals surface area contributed by atoms with E-state index in [1.165, 1.54) is 0 Å². The fourth-order valence-electron chi connectivity index (χ4n) is 2.62. The Labute approximate surface area is 152 Å². The summed E-state index contributed by atoms with van der Waals surface area (Å²) < 4.78 is 5.32. The lowest BCUT2D eigenvalue weighted by Gasteiger charge is -2.37. The van der Waals surface area contributed by atoms with Crippen LogP contribution in [0.1, 0.15) is 39.2 Å². The van der Waals surface area contributed by atoms with Crippen molar-refractivity contribution in [3.05, 3.63) is 29.0 Å². The molecule has 0 spiro atoms. The van der Waals surface area contributed by atoms with E-state index in [1.807, 2.05) is 0 Å². The van der Waals surface area contributed by atoms with Gasteiger partial charge in [-0.3, -0.25) is 4.79 Å². The number of alkyl carbamates (subject to hydrolysis) is 1. The first-order valence-corrected chi connectivity index (χ1v) is 8.69.